The molecule has 0 saturated carbocycles. The van der Waals surface area contributed by atoms with Gasteiger partial charge in [0.2, 0.25) is 0 Å². The number of carbonyl (C=O) groups is 1. The molecule has 26 heavy (non-hydrogen) atoms. The number of ether oxygens (including phenoxy) is 1. The van der Waals surface area contributed by atoms with Crippen molar-refractivity contribution in [2.24, 2.45) is 0 Å². The van der Waals surface area contributed by atoms with Crippen molar-refractivity contribution in [3.63, 3.8) is 0 Å². The van der Waals surface area contributed by atoms with Gasteiger partial charge in [-0.3, -0.25) is 9.89 Å². The van der Waals surface area contributed by atoms with Crippen molar-refractivity contribution in [3.8, 4) is 0 Å². The van der Waals surface area contributed by atoms with Gasteiger partial charge in [-0.2, -0.15) is 5.10 Å². The summed E-state index contributed by atoms with van der Waals surface area (Å²) in [4.78, 5) is 19.0. The first-order chi connectivity index (χ1) is 12.4. The Hall–Kier alpha value is -2.38. The van der Waals surface area contributed by atoms with Crippen molar-refractivity contribution in [1.82, 2.24) is 24.5 Å². The average Bonchev–Trinajstić information content (AvgIpc) is 3.18. The fourth-order valence-electron chi connectivity index (χ4n) is 3.47. The first-order valence-corrected chi connectivity index (χ1v) is 8.91. The van der Waals surface area contributed by atoms with E-state index >= 15 is 0 Å². The molecule has 1 N–H and O–H groups in total. The summed E-state index contributed by atoms with van der Waals surface area (Å²) in [5.74, 6) is -0.124. The van der Waals surface area contributed by atoms with Crippen LogP contribution in [0.25, 0.3) is 5.65 Å². The van der Waals surface area contributed by atoms with Crippen molar-refractivity contribution >= 4 is 23.2 Å². The van der Waals surface area contributed by atoms with Crippen LogP contribution in [0.4, 0.5) is 0 Å². The quantitative estimate of drug-likeness (QED) is 0.765. The molecular weight excluding hydrogens is 354 g/mol. The van der Waals surface area contributed by atoms with Crippen LogP contribution in [-0.4, -0.2) is 43.5 Å². The van der Waals surface area contributed by atoms with Gasteiger partial charge in [0.25, 0.3) is 5.91 Å². The third-order valence-electron chi connectivity index (χ3n) is 4.73. The monoisotopic (exact) mass is 373 g/mol. The number of aromatic nitrogens is 4. The molecule has 136 valence electrons. The van der Waals surface area contributed by atoms with Gasteiger partial charge in [-0.05, 0) is 26.0 Å². The van der Waals surface area contributed by atoms with E-state index in [1.165, 1.54) is 0 Å². The van der Waals surface area contributed by atoms with E-state index in [2.05, 4.69) is 15.2 Å². The van der Waals surface area contributed by atoms with E-state index in [4.69, 9.17) is 16.3 Å². The summed E-state index contributed by atoms with van der Waals surface area (Å²) in [5.41, 5.74) is 3.99. The van der Waals surface area contributed by atoms with Crippen LogP contribution in [0.2, 0.25) is 5.02 Å². The number of hydrogen-bond acceptors (Lipinski definition) is 4. The second-order valence-electron chi connectivity index (χ2n) is 6.74. The van der Waals surface area contributed by atoms with Gasteiger partial charge in [0, 0.05) is 25.2 Å². The van der Waals surface area contributed by atoms with Crippen LogP contribution in [0.1, 0.15) is 47.4 Å². The van der Waals surface area contributed by atoms with E-state index < -0.39 is 0 Å². The van der Waals surface area contributed by atoms with Crippen molar-refractivity contribution in [3.05, 3.63) is 52.2 Å². The zero-order chi connectivity index (χ0) is 18.4. The Morgan fingerprint density at radius 3 is 3.08 bits per heavy atom. The molecule has 0 radical (unpaired) electrons. The van der Waals surface area contributed by atoms with Crippen LogP contribution in [-0.2, 0) is 17.7 Å². The molecule has 0 spiro atoms. The Morgan fingerprint density at radius 2 is 2.27 bits per heavy atom. The van der Waals surface area contributed by atoms with Gasteiger partial charge in [-0.15, -0.1) is 0 Å². The van der Waals surface area contributed by atoms with Crippen LogP contribution in [0.3, 0.4) is 0 Å². The minimum atomic E-state index is -0.124. The number of fused-ring (bicyclic) bond motifs is 2. The second kappa shape index (κ2) is 6.41. The van der Waals surface area contributed by atoms with Crippen molar-refractivity contribution < 1.29 is 9.53 Å². The minimum Gasteiger partial charge on any atom is -0.369 e. The zero-order valence-electron chi connectivity index (χ0n) is 14.9. The Morgan fingerprint density at radius 1 is 1.46 bits per heavy atom. The number of hydrogen-bond donors (Lipinski definition) is 1. The van der Waals surface area contributed by atoms with Crippen molar-refractivity contribution in [2.45, 2.75) is 39.0 Å². The third kappa shape index (κ3) is 2.87. The Kier molecular flexibility index (Phi) is 4.20. The Labute approximate surface area is 155 Å². The lowest BCUT2D eigenvalue weighted by atomic mass is 9.99. The number of pyridine rings is 1. The maximum absolute atomic E-state index is 13.0. The average molecular weight is 374 g/mol. The standard InChI is InChI=1S/C18H20ClN5O2/c1-10-6-14-16(11(2)26-10)21-22-17(14)18(25)23(3)9-13-7-20-15-5-4-12(19)8-24(13)15/h4-5,7-8,10-11H,6,9H2,1-3H3,(H,21,22)/t10-,11+/m1/s1. The Bertz CT molecular complexity index is 979. The maximum atomic E-state index is 13.0. The van der Waals surface area contributed by atoms with Crippen LogP contribution in [0, 0.1) is 0 Å². The van der Waals surface area contributed by atoms with E-state index in [0.29, 0.717) is 23.7 Å². The van der Waals surface area contributed by atoms with Crippen LogP contribution >= 0.6 is 11.6 Å². The number of H-pyrrole nitrogens is 1. The number of aromatic amines is 1. The SMILES string of the molecule is C[C@@H]1Cc2c(C(=O)N(C)Cc3cnc4ccc(Cl)cn34)n[nH]c2[C@H](C)O1. The summed E-state index contributed by atoms with van der Waals surface area (Å²) in [7, 11) is 1.76. The third-order valence-corrected chi connectivity index (χ3v) is 4.95. The normalized spacial score (nSPS) is 19.5. The van der Waals surface area contributed by atoms with Gasteiger partial charge in [0.1, 0.15) is 5.65 Å². The molecular formula is C18H20ClN5O2. The van der Waals surface area contributed by atoms with Gasteiger partial charge < -0.3 is 14.0 Å². The summed E-state index contributed by atoms with van der Waals surface area (Å²) in [6, 6.07) is 3.64. The smallest absolute Gasteiger partial charge is 0.274 e. The first-order valence-electron chi connectivity index (χ1n) is 8.53. The van der Waals surface area contributed by atoms with Gasteiger partial charge in [-0.25, -0.2) is 4.98 Å². The molecule has 8 heteroatoms. The van der Waals surface area contributed by atoms with Gasteiger partial charge in [-0.1, -0.05) is 11.6 Å². The van der Waals surface area contributed by atoms with E-state index in [1.54, 1.807) is 30.4 Å². The molecule has 1 amide bonds. The van der Waals surface area contributed by atoms with E-state index in [0.717, 1.165) is 22.6 Å². The molecule has 3 aromatic rings. The molecule has 2 atom stereocenters. The predicted octanol–water partition coefficient (Wildman–Crippen LogP) is 3.01. The lowest BCUT2D eigenvalue weighted by Crippen LogP contribution is -2.29. The van der Waals surface area contributed by atoms with Crippen LogP contribution in [0.5, 0.6) is 0 Å². The molecule has 0 aliphatic carbocycles. The highest BCUT2D eigenvalue weighted by atomic mass is 35.5. The summed E-state index contributed by atoms with van der Waals surface area (Å²) in [6.45, 7) is 4.38. The molecule has 0 bridgehead atoms. The number of imidazole rings is 1. The number of nitrogens with zero attached hydrogens (tertiary/aromatic N) is 4. The number of carbonyl (C=O) groups excluding carboxylic acids is 1. The highest BCUT2D eigenvalue weighted by molar-refractivity contribution is 6.30. The zero-order valence-corrected chi connectivity index (χ0v) is 15.6. The van der Waals surface area contributed by atoms with Gasteiger partial charge >= 0.3 is 0 Å². The Balaban J connectivity index is 1.60. The molecule has 4 heterocycles. The maximum Gasteiger partial charge on any atom is 0.274 e. The molecule has 0 saturated heterocycles. The van der Waals surface area contributed by atoms with Crippen molar-refractivity contribution in [1.29, 1.82) is 0 Å². The van der Waals surface area contributed by atoms with E-state index in [1.807, 2.05) is 24.3 Å². The molecule has 0 unspecified atom stereocenters. The lowest BCUT2D eigenvalue weighted by molar-refractivity contribution is -0.00701. The predicted molar refractivity (Wildman–Crippen MR) is 97.3 cm³/mol. The molecule has 4 rings (SSSR count). The summed E-state index contributed by atoms with van der Waals surface area (Å²) >= 11 is 6.08. The summed E-state index contributed by atoms with van der Waals surface area (Å²) in [6.07, 6.45) is 4.21. The molecule has 1 aliphatic heterocycles. The molecule has 0 fully saturated rings. The molecule has 7 nitrogen and oxygen atoms in total. The lowest BCUT2D eigenvalue weighted by Gasteiger charge is -2.25. The molecule has 1 aliphatic rings. The van der Waals surface area contributed by atoms with E-state index in [-0.39, 0.29) is 18.1 Å². The van der Waals surface area contributed by atoms with Crippen LogP contribution < -0.4 is 0 Å². The van der Waals surface area contributed by atoms with Crippen molar-refractivity contribution in [2.75, 3.05) is 7.05 Å². The van der Waals surface area contributed by atoms with Gasteiger partial charge in [0.15, 0.2) is 5.69 Å². The largest absolute Gasteiger partial charge is 0.369 e. The topological polar surface area (TPSA) is 75.5 Å². The van der Waals surface area contributed by atoms with E-state index in [9.17, 15) is 4.79 Å². The number of rotatable bonds is 3. The van der Waals surface area contributed by atoms with Crippen LogP contribution in [0.15, 0.2) is 24.5 Å². The summed E-state index contributed by atoms with van der Waals surface area (Å²) < 4.78 is 7.68. The van der Waals surface area contributed by atoms with Gasteiger partial charge in [0.05, 0.1) is 41.4 Å². The molecule has 3 aromatic heterocycles. The summed E-state index contributed by atoms with van der Waals surface area (Å²) in [5, 5.41) is 7.86. The minimum absolute atomic E-state index is 0.0628. The fourth-order valence-corrected chi connectivity index (χ4v) is 3.63. The highest BCUT2D eigenvalue weighted by Crippen LogP contribution is 2.30. The molecule has 0 aromatic carbocycles. The second-order valence-corrected chi connectivity index (χ2v) is 7.18. The first kappa shape index (κ1) is 17.1. The number of nitrogens with one attached hydrogen (secondary N) is 1. The number of amides is 1. The fraction of sp³-hybridized carbons (Fsp3) is 0.389. The number of halogens is 1. The highest BCUT2D eigenvalue weighted by Gasteiger charge is 2.30.